The summed E-state index contributed by atoms with van der Waals surface area (Å²) in [5.74, 6) is -0.0144. The smallest absolute Gasteiger partial charge is 0.323 e. The van der Waals surface area contributed by atoms with Crippen molar-refractivity contribution in [1.29, 1.82) is 0 Å². The number of H-pyrrole nitrogens is 1. The van der Waals surface area contributed by atoms with Crippen LogP contribution >= 0.6 is 0 Å². The third-order valence-electron chi connectivity index (χ3n) is 5.34. The summed E-state index contributed by atoms with van der Waals surface area (Å²) in [7, 11) is 0. The molecule has 0 saturated carbocycles. The highest BCUT2D eigenvalue weighted by Gasteiger charge is 2.28. The van der Waals surface area contributed by atoms with E-state index in [-0.39, 0.29) is 17.9 Å². The lowest BCUT2D eigenvalue weighted by Crippen LogP contribution is -2.31. The maximum atomic E-state index is 12.8. The van der Waals surface area contributed by atoms with Crippen LogP contribution in [-0.2, 0) is 6.42 Å². The van der Waals surface area contributed by atoms with Gasteiger partial charge in [-0.3, -0.25) is 4.79 Å². The molecule has 0 radical (unpaired) electrons. The first-order chi connectivity index (χ1) is 16.1. The molecule has 164 valence electrons. The highest BCUT2D eigenvalue weighted by molar-refractivity contribution is 6.07. The van der Waals surface area contributed by atoms with E-state index >= 15 is 0 Å². The van der Waals surface area contributed by atoms with Gasteiger partial charge in [-0.2, -0.15) is 0 Å². The molecule has 33 heavy (non-hydrogen) atoms. The van der Waals surface area contributed by atoms with Crippen molar-refractivity contribution in [1.82, 2.24) is 20.3 Å². The summed E-state index contributed by atoms with van der Waals surface area (Å²) in [6, 6.07) is 17.9. The van der Waals surface area contributed by atoms with E-state index in [4.69, 9.17) is 5.73 Å². The first-order valence-corrected chi connectivity index (χ1v) is 10.4. The molecular weight excluding hydrogens is 418 g/mol. The van der Waals surface area contributed by atoms with Gasteiger partial charge in [0.1, 0.15) is 0 Å². The summed E-state index contributed by atoms with van der Waals surface area (Å²) in [4.78, 5) is 36.9. The molecule has 0 aliphatic carbocycles. The van der Waals surface area contributed by atoms with Crippen LogP contribution in [0.5, 0.6) is 0 Å². The fraction of sp³-hybridized carbons (Fsp3) is 0.0833. The number of nitrogens with zero attached hydrogens (tertiary/aromatic N) is 2. The van der Waals surface area contributed by atoms with E-state index in [2.05, 4.69) is 30.9 Å². The molecule has 9 nitrogen and oxygen atoms in total. The minimum atomic E-state index is -0.365. The number of hydrogen-bond acceptors (Lipinski definition) is 5. The van der Waals surface area contributed by atoms with Gasteiger partial charge in [-0.05, 0) is 35.9 Å². The molecule has 1 aliphatic rings. The molecule has 3 heterocycles. The van der Waals surface area contributed by atoms with Crippen molar-refractivity contribution in [2.24, 2.45) is 0 Å². The number of carbonyl (C=O) groups excluding carboxylic acids is 2. The number of carbonyl (C=O) groups is 2. The summed E-state index contributed by atoms with van der Waals surface area (Å²) in [5, 5.41) is 8.54. The molecular formula is C24H21N7O2. The van der Waals surface area contributed by atoms with E-state index < -0.39 is 0 Å². The maximum Gasteiger partial charge on any atom is 0.323 e. The lowest BCUT2D eigenvalue weighted by Gasteiger charge is -2.15. The van der Waals surface area contributed by atoms with Crippen LogP contribution in [-0.4, -0.2) is 33.4 Å². The number of nitrogen functional groups attached to an aromatic ring is 1. The van der Waals surface area contributed by atoms with Crippen LogP contribution in [0.15, 0.2) is 66.9 Å². The van der Waals surface area contributed by atoms with Crippen molar-refractivity contribution in [2.45, 2.75) is 6.42 Å². The Hall–Kier alpha value is -4.66. The number of para-hydroxylation sites is 1. The van der Waals surface area contributed by atoms with Crippen LogP contribution in [0.25, 0.3) is 22.5 Å². The Morgan fingerprint density at radius 1 is 0.970 bits per heavy atom. The predicted octanol–water partition coefficient (Wildman–Crippen LogP) is 3.65. The third kappa shape index (κ3) is 4.11. The topological polar surface area (TPSA) is 138 Å². The summed E-state index contributed by atoms with van der Waals surface area (Å²) in [5.41, 5.74) is 11.2. The Labute approximate surface area is 189 Å². The van der Waals surface area contributed by atoms with Crippen molar-refractivity contribution < 1.29 is 9.59 Å². The number of nitrogens with two attached hydrogens (primary N) is 1. The van der Waals surface area contributed by atoms with Crippen LogP contribution in [0, 0.1) is 0 Å². The van der Waals surface area contributed by atoms with Gasteiger partial charge in [0.15, 0.2) is 0 Å². The first-order valence-electron chi connectivity index (χ1n) is 10.4. The first kappa shape index (κ1) is 20.3. The third-order valence-corrected chi connectivity index (χ3v) is 5.34. The van der Waals surface area contributed by atoms with Gasteiger partial charge < -0.3 is 26.7 Å². The minimum absolute atomic E-state index is 0.142. The molecule has 3 amide bonds. The molecule has 9 heteroatoms. The van der Waals surface area contributed by atoms with Gasteiger partial charge in [-0.25, -0.2) is 14.8 Å². The number of aromatic nitrogens is 3. The zero-order chi connectivity index (χ0) is 22.8. The van der Waals surface area contributed by atoms with Gasteiger partial charge >= 0.3 is 6.03 Å². The van der Waals surface area contributed by atoms with E-state index in [0.717, 1.165) is 11.3 Å². The quantitative estimate of drug-likeness (QED) is 0.330. The van der Waals surface area contributed by atoms with Gasteiger partial charge in [0, 0.05) is 41.8 Å². The largest absolute Gasteiger partial charge is 0.368 e. The van der Waals surface area contributed by atoms with Gasteiger partial charge in [-0.1, -0.05) is 30.3 Å². The zero-order valence-corrected chi connectivity index (χ0v) is 17.6. The second-order valence-electron chi connectivity index (χ2n) is 7.56. The fourth-order valence-electron chi connectivity index (χ4n) is 3.94. The number of nitrogens with one attached hydrogen (secondary N) is 4. The summed E-state index contributed by atoms with van der Waals surface area (Å²) in [6.07, 6.45) is 2.25. The SMILES string of the molecule is Nc1nccc(-c2[nH]c3c(c2-c2cccc(NC(=O)Nc4ccccc4)c2)C(=O)NCC3)n1. The van der Waals surface area contributed by atoms with E-state index in [1.807, 2.05) is 36.4 Å². The van der Waals surface area contributed by atoms with Crippen molar-refractivity contribution >= 4 is 29.3 Å². The maximum absolute atomic E-state index is 12.8. The molecule has 0 fully saturated rings. The number of amides is 3. The van der Waals surface area contributed by atoms with Crippen molar-refractivity contribution in [3.8, 4) is 22.5 Å². The molecule has 6 N–H and O–H groups in total. The lowest BCUT2D eigenvalue weighted by atomic mass is 9.96. The number of anilines is 3. The van der Waals surface area contributed by atoms with Gasteiger partial charge in [0.05, 0.1) is 17.0 Å². The number of fused-ring (bicyclic) bond motifs is 1. The van der Waals surface area contributed by atoms with Crippen LogP contribution < -0.4 is 21.7 Å². The lowest BCUT2D eigenvalue weighted by molar-refractivity contribution is 0.0946. The summed E-state index contributed by atoms with van der Waals surface area (Å²) >= 11 is 0. The van der Waals surface area contributed by atoms with Gasteiger partial charge in [0.2, 0.25) is 5.95 Å². The number of urea groups is 1. The van der Waals surface area contributed by atoms with Crippen LogP contribution in [0.4, 0.5) is 22.1 Å². The number of benzene rings is 2. The number of rotatable bonds is 4. The Morgan fingerprint density at radius 3 is 2.58 bits per heavy atom. The normalized spacial score (nSPS) is 12.5. The average Bonchev–Trinajstić information content (AvgIpc) is 3.21. The summed E-state index contributed by atoms with van der Waals surface area (Å²) < 4.78 is 0. The molecule has 2 aromatic heterocycles. The van der Waals surface area contributed by atoms with Crippen LogP contribution in [0.1, 0.15) is 16.1 Å². The predicted molar refractivity (Wildman–Crippen MR) is 127 cm³/mol. The van der Waals surface area contributed by atoms with Crippen molar-refractivity contribution in [3.05, 3.63) is 78.1 Å². The number of aromatic amines is 1. The highest BCUT2D eigenvalue weighted by atomic mass is 16.2. The minimum Gasteiger partial charge on any atom is -0.368 e. The van der Waals surface area contributed by atoms with Crippen LogP contribution in [0.2, 0.25) is 0 Å². The summed E-state index contributed by atoms with van der Waals surface area (Å²) in [6.45, 7) is 0.554. The Morgan fingerprint density at radius 2 is 1.76 bits per heavy atom. The molecule has 0 atom stereocenters. The second kappa shape index (κ2) is 8.46. The van der Waals surface area contributed by atoms with Crippen LogP contribution in [0.3, 0.4) is 0 Å². The second-order valence-corrected chi connectivity index (χ2v) is 7.56. The number of hydrogen-bond donors (Lipinski definition) is 5. The van der Waals surface area contributed by atoms with Crippen molar-refractivity contribution in [3.63, 3.8) is 0 Å². The molecule has 0 saturated heterocycles. The molecule has 1 aliphatic heterocycles. The molecule has 0 bridgehead atoms. The molecule has 2 aromatic carbocycles. The van der Waals surface area contributed by atoms with Gasteiger partial charge in [-0.15, -0.1) is 0 Å². The zero-order valence-electron chi connectivity index (χ0n) is 17.6. The highest BCUT2D eigenvalue weighted by Crippen LogP contribution is 2.38. The molecule has 0 unspecified atom stereocenters. The Bertz CT molecular complexity index is 1350. The fourth-order valence-corrected chi connectivity index (χ4v) is 3.94. The molecule has 0 spiro atoms. The molecule has 5 rings (SSSR count). The van der Waals surface area contributed by atoms with Gasteiger partial charge in [0.25, 0.3) is 5.91 Å². The molecule has 4 aromatic rings. The van der Waals surface area contributed by atoms with E-state index in [1.54, 1.807) is 30.5 Å². The average molecular weight is 439 g/mol. The standard InChI is InChI=1S/C24H21N7O2/c25-23-27-12-10-18(31-23)21-19(20-17(30-21)9-11-26-22(20)32)14-5-4-8-16(13-14)29-24(33)28-15-6-2-1-3-7-15/h1-8,10,12-13,30H,9,11H2,(H,26,32)(H2,25,27,31)(H2,28,29,33). The Balaban J connectivity index is 1.53. The van der Waals surface area contributed by atoms with E-state index in [0.29, 0.717) is 46.9 Å². The monoisotopic (exact) mass is 439 g/mol. The van der Waals surface area contributed by atoms with E-state index in [9.17, 15) is 9.59 Å². The Kier molecular flexibility index (Phi) is 5.19. The van der Waals surface area contributed by atoms with E-state index in [1.165, 1.54) is 0 Å². The van der Waals surface area contributed by atoms with Crippen molar-refractivity contribution in [2.75, 3.05) is 22.9 Å².